The van der Waals surface area contributed by atoms with Crippen molar-refractivity contribution in [2.24, 2.45) is 5.73 Å². The molecule has 0 radical (unpaired) electrons. The van der Waals surface area contributed by atoms with Crippen molar-refractivity contribution in [1.29, 1.82) is 0 Å². The Morgan fingerprint density at radius 3 is 1.62 bits per heavy atom. The van der Waals surface area contributed by atoms with E-state index in [-0.39, 0.29) is 29.9 Å². The Kier molecular flexibility index (Phi) is 50.7. The average molecular weight is 148 g/mol. The fourth-order valence-electron chi connectivity index (χ4n) is 0. The van der Waals surface area contributed by atoms with Crippen molar-refractivity contribution in [3.63, 3.8) is 0 Å². The van der Waals surface area contributed by atoms with Gasteiger partial charge in [0.2, 0.25) is 0 Å². The highest BCUT2D eigenvalue weighted by Crippen LogP contribution is 1.43. The molecule has 0 atom stereocenters. The number of hydrogen-bond acceptors (Lipinski definition) is 2. The SMILES string of the molecule is Cl.NCC(=O)O.O.O. The number of carbonyl (C=O) groups is 1. The summed E-state index contributed by atoms with van der Waals surface area (Å²) in [6, 6.07) is 0. The summed E-state index contributed by atoms with van der Waals surface area (Å²) in [5.74, 6) is -0.968. The summed E-state index contributed by atoms with van der Waals surface area (Å²) in [5.41, 5.74) is 4.57. The molecule has 0 fully saturated rings. The summed E-state index contributed by atoms with van der Waals surface area (Å²) in [7, 11) is 0. The topological polar surface area (TPSA) is 126 Å². The summed E-state index contributed by atoms with van der Waals surface area (Å²) < 4.78 is 0. The fraction of sp³-hybridized carbons (Fsp3) is 0.500. The summed E-state index contributed by atoms with van der Waals surface area (Å²) >= 11 is 0. The van der Waals surface area contributed by atoms with Gasteiger partial charge in [0, 0.05) is 0 Å². The van der Waals surface area contributed by atoms with Crippen LogP contribution in [0.3, 0.4) is 0 Å². The van der Waals surface area contributed by atoms with Crippen LogP contribution in [0.15, 0.2) is 0 Å². The molecule has 0 aliphatic heterocycles. The van der Waals surface area contributed by atoms with Gasteiger partial charge in [0.05, 0.1) is 6.54 Å². The van der Waals surface area contributed by atoms with E-state index in [2.05, 4.69) is 5.73 Å². The van der Waals surface area contributed by atoms with Crippen molar-refractivity contribution in [2.45, 2.75) is 0 Å². The van der Waals surface area contributed by atoms with Gasteiger partial charge in [-0.15, -0.1) is 12.4 Å². The highest BCUT2D eigenvalue weighted by Gasteiger charge is 1.81. The number of aliphatic carboxylic acids is 1. The van der Waals surface area contributed by atoms with E-state index in [4.69, 9.17) is 5.11 Å². The standard InChI is InChI=1S/C2H5NO2.ClH.2H2O/c3-1-2(4)5;;;/h1,3H2,(H,4,5);1H;2*1H2. The first-order chi connectivity index (χ1) is 2.27. The van der Waals surface area contributed by atoms with Gasteiger partial charge in [0.15, 0.2) is 0 Å². The first kappa shape index (κ1) is 25.4. The van der Waals surface area contributed by atoms with Crippen molar-refractivity contribution >= 4 is 18.4 Å². The molecule has 6 heteroatoms. The zero-order valence-corrected chi connectivity index (χ0v) is 4.86. The van der Waals surface area contributed by atoms with Gasteiger partial charge in [-0.2, -0.15) is 0 Å². The van der Waals surface area contributed by atoms with Crippen molar-refractivity contribution in [3.05, 3.63) is 0 Å². The van der Waals surface area contributed by atoms with Crippen LogP contribution < -0.4 is 5.73 Å². The maximum absolute atomic E-state index is 9.24. The molecule has 0 aliphatic carbocycles. The Bertz CT molecular complexity index is 49.3. The van der Waals surface area contributed by atoms with Crippen LogP contribution in [0.5, 0.6) is 0 Å². The van der Waals surface area contributed by atoms with Gasteiger partial charge in [-0.05, 0) is 0 Å². The molecule has 0 saturated carbocycles. The van der Waals surface area contributed by atoms with E-state index in [9.17, 15) is 4.79 Å². The predicted octanol–water partition coefficient (Wildman–Crippen LogP) is -2.20. The molecular formula is C2H10ClNO4. The summed E-state index contributed by atoms with van der Waals surface area (Å²) in [6.07, 6.45) is 0. The molecule has 0 spiro atoms. The van der Waals surface area contributed by atoms with E-state index in [0.717, 1.165) is 0 Å². The Morgan fingerprint density at radius 1 is 1.50 bits per heavy atom. The minimum Gasteiger partial charge on any atom is -0.480 e. The van der Waals surface area contributed by atoms with Crippen LogP contribution in [-0.2, 0) is 4.79 Å². The first-order valence-electron chi connectivity index (χ1n) is 1.19. The molecule has 0 aromatic carbocycles. The molecule has 0 amide bonds. The normalized spacial score (nSPS) is 4.62. The van der Waals surface area contributed by atoms with Crippen LogP contribution in [0.2, 0.25) is 0 Å². The minimum atomic E-state index is -0.968. The summed E-state index contributed by atoms with van der Waals surface area (Å²) in [5, 5.41) is 7.60. The van der Waals surface area contributed by atoms with Gasteiger partial charge >= 0.3 is 5.97 Å². The Hall–Kier alpha value is -0.360. The van der Waals surface area contributed by atoms with E-state index in [1.165, 1.54) is 0 Å². The Morgan fingerprint density at radius 2 is 1.62 bits per heavy atom. The van der Waals surface area contributed by atoms with E-state index in [1.54, 1.807) is 0 Å². The molecule has 0 bridgehead atoms. The van der Waals surface area contributed by atoms with Crippen LogP contribution in [-0.4, -0.2) is 28.6 Å². The summed E-state index contributed by atoms with van der Waals surface area (Å²) in [6.45, 7) is -0.278. The summed E-state index contributed by atoms with van der Waals surface area (Å²) in [4.78, 5) is 9.24. The molecule has 0 rings (SSSR count). The van der Waals surface area contributed by atoms with Crippen LogP contribution >= 0.6 is 12.4 Å². The highest BCUT2D eigenvalue weighted by molar-refractivity contribution is 5.85. The lowest BCUT2D eigenvalue weighted by atomic mass is 10.7. The second-order valence-corrected chi connectivity index (χ2v) is 0.598. The highest BCUT2D eigenvalue weighted by atomic mass is 35.5. The largest absolute Gasteiger partial charge is 0.480 e. The molecule has 7 N–H and O–H groups in total. The number of nitrogens with two attached hydrogens (primary N) is 1. The molecule has 0 heterocycles. The van der Waals surface area contributed by atoms with Gasteiger partial charge in [0.25, 0.3) is 0 Å². The maximum Gasteiger partial charge on any atom is 0.317 e. The lowest BCUT2D eigenvalue weighted by Crippen LogP contribution is -2.10. The van der Waals surface area contributed by atoms with Gasteiger partial charge in [-0.3, -0.25) is 4.79 Å². The number of hydrogen-bond donors (Lipinski definition) is 2. The lowest BCUT2D eigenvalue weighted by molar-refractivity contribution is -0.135. The second-order valence-electron chi connectivity index (χ2n) is 0.598. The maximum atomic E-state index is 9.24. The van der Waals surface area contributed by atoms with Crippen molar-refractivity contribution in [1.82, 2.24) is 0 Å². The van der Waals surface area contributed by atoms with Gasteiger partial charge in [-0.25, -0.2) is 0 Å². The average Bonchev–Trinajstić information content (AvgIpc) is 1.38. The number of carboxylic acids is 1. The molecular weight excluding hydrogens is 137 g/mol. The van der Waals surface area contributed by atoms with Crippen LogP contribution in [0.4, 0.5) is 0 Å². The van der Waals surface area contributed by atoms with Gasteiger partial charge in [0.1, 0.15) is 0 Å². The molecule has 0 aromatic heterocycles. The third kappa shape index (κ3) is 45.1. The smallest absolute Gasteiger partial charge is 0.317 e. The quantitative estimate of drug-likeness (QED) is 0.437. The van der Waals surface area contributed by atoms with E-state index in [0.29, 0.717) is 0 Å². The third-order valence-electron chi connectivity index (χ3n) is 0.175. The molecule has 8 heavy (non-hydrogen) atoms. The fourth-order valence-corrected chi connectivity index (χ4v) is 0. The van der Waals surface area contributed by atoms with Crippen molar-refractivity contribution in [3.8, 4) is 0 Å². The molecule has 0 saturated heterocycles. The predicted molar refractivity (Wildman–Crippen MR) is 31.2 cm³/mol. The van der Waals surface area contributed by atoms with Crippen LogP contribution in [0.1, 0.15) is 0 Å². The lowest BCUT2D eigenvalue weighted by Gasteiger charge is -1.73. The molecule has 0 aromatic rings. The zero-order chi connectivity index (χ0) is 4.28. The van der Waals surface area contributed by atoms with Crippen LogP contribution in [0, 0.1) is 0 Å². The Labute approximate surface area is 52.5 Å². The minimum absolute atomic E-state index is 0. The number of rotatable bonds is 1. The number of carboxylic acid groups (broad SMARTS) is 1. The Balaban J connectivity index is -0.0000000267. The number of halogens is 1. The zero-order valence-electron chi connectivity index (χ0n) is 4.05. The van der Waals surface area contributed by atoms with Gasteiger partial charge < -0.3 is 21.8 Å². The molecule has 54 valence electrons. The molecule has 0 aliphatic rings. The second kappa shape index (κ2) is 15.9. The van der Waals surface area contributed by atoms with Crippen LogP contribution in [0.25, 0.3) is 0 Å². The van der Waals surface area contributed by atoms with E-state index in [1.807, 2.05) is 0 Å². The van der Waals surface area contributed by atoms with E-state index >= 15 is 0 Å². The van der Waals surface area contributed by atoms with Crippen molar-refractivity contribution < 1.29 is 20.9 Å². The van der Waals surface area contributed by atoms with E-state index < -0.39 is 5.97 Å². The first-order valence-corrected chi connectivity index (χ1v) is 1.19. The third-order valence-corrected chi connectivity index (χ3v) is 0.175. The van der Waals surface area contributed by atoms with Crippen molar-refractivity contribution in [2.75, 3.05) is 6.54 Å². The molecule has 5 nitrogen and oxygen atoms in total. The van der Waals surface area contributed by atoms with Gasteiger partial charge in [-0.1, -0.05) is 0 Å². The monoisotopic (exact) mass is 147 g/mol. The molecule has 0 unspecified atom stereocenters.